The van der Waals surface area contributed by atoms with Gasteiger partial charge in [-0.1, -0.05) is 54.6 Å². The van der Waals surface area contributed by atoms with E-state index in [4.69, 9.17) is 4.98 Å². The van der Waals surface area contributed by atoms with Crippen LogP contribution >= 0.6 is 0 Å². The number of para-hydroxylation sites is 1. The van der Waals surface area contributed by atoms with Crippen LogP contribution in [0.2, 0.25) is 0 Å². The molecule has 0 aliphatic carbocycles. The van der Waals surface area contributed by atoms with Crippen LogP contribution in [0.4, 0.5) is 0 Å². The van der Waals surface area contributed by atoms with Gasteiger partial charge in [0.2, 0.25) is 0 Å². The van der Waals surface area contributed by atoms with E-state index < -0.39 is 0 Å². The molecule has 0 atom stereocenters. The average Bonchev–Trinajstić information content (AvgIpc) is 3.04. The summed E-state index contributed by atoms with van der Waals surface area (Å²) >= 11 is 0. The summed E-state index contributed by atoms with van der Waals surface area (Å²) in [5.41, 5.74) is 4.67. The minimum Gasteiger partial charge on any atom is -0.294 e. The Bertz CT molecular complexity index is 1520. The molecule has 2 heterocycles. The van der Waals surface area contributed by atoms with Gasteiger partial charge in [0, 0.05) is 16.2 Å². The number of benzene rings is 4. The summed E-state index contributed by atoms with van der Waals surface area (Å²) in [6.45, 7) is 2.14. The van der Waals surface area contributed by atoms with Gasteiger partial charge in [-0.15, -0.1) is 0 Å². The number of fused-ring (bicyclic) bond motifs is 5. The highest BCUT2D eigenvalue weighted by Gasteiger charge is 2.14. The van der Waals surface area contributed by atoms with Gasteiger partial charge in [0.1, 0.15) is 5.82 Å². The van der Waals surface area contributed by atoms with Crippen LogP contribution in [-0.2, 0) is 0 Å². The molecule has 0 saturated carbocycles. The average molecular weight is 358 g/mol. The van der Waals surface area contributed by atoms with E-state index in [0.29, 0.717) is 0 Å². The van der Waals surface area contributed by atoms with Gasteiger partial charge in [0.25, 0.3) is 0 Å². The molecule has 132 valence electrons. The molecule has 28 heavy (non-hydrogen) atoms. The summed E-state index contributed by atoms with van der Waals surface area (Å²) in [7, 11) is 0. The van der Waals surface area contributed by atoms with Crippen molar-refractivity contribution in [3.05, 3.63) is 96.6 Å². The van der Waals surface area contributed by atoms with Crippen molar-refractivity contribution >= 4 is 43.5 Å². The van der Waals surface area contributed by atoms with Crippen molar-refractivity contribution < 1.29 is 0 Å². The molecule has 4 aromatic carbocycles. The van der Waals surface area contributed by atoms with Gasteiger partial charge in [0.05, 0.1) is 16.6 Å². The molecular formula is C26H18N2. The number of hydrogen-bond donors (Lipinski definition) is 0. The van der Waals surface area contributed by atoms with Crippen molar-refractivity contribution in [2.75, 3.05) is 0 Å². The predicted molar refractivity (Wildman–Crippen MR) is 118 cm³/mol. The van der Waals surface area contributed by atoms with Crippen LogP contribution in [0.5, 0.6) is 0 Å². The van der Waals surface area contributed by atoms with E-state index in [-0.39, 0.29) is 0 Å². The second kappa shape index (κ2) is 5.67. The summed E-state index contributed by atoms with van der Waals surface area (Å²) in [5.74, 6) is 0.958. The Morgan fingerprint density at radius 1 is 0.607 bits per heavy atom. The molecule has 0 bridgehead atoms. The molecule has 0 spiro atoms. The standard InChI is InChI=1S/C26H18N2/c1-17-10-12-21-22-15-19-7-2-3-8-20(19)16-25(22)28(24(21)14-17)26-13-11-18-6-4-5-9-23(18)27-26/h2-16H,1H3. The van der Waals surface area contributed by atoms with Crippen LogP contribution in [-0.4, -0.2) is 9.55 Å². The first-order valence-electron chi connectivity index (χ1n) is 9.58. The third kappa shape index (κ3) is 2.18. The first-order valence-corrected chi connectivity index (χ1v) is 9.58. The Morgan fingerprint density at radius 2 is 1.32 bits per heavy atom. The number of pyridine rings is 1. The zero-order valence-electron chi connectivity index (χ0n) is 15.6. The van der Waals surface area contributed by atoms with Crippen LogP contribution in [0.1, 0.15) is 5.56 Å². The zero-order valence-corrected chi connectivity index (χ0v) is 15.6. The van der Waals surface area contributed by atoms with Gasteiger partial charge in [-0.25, -0.2) is 4.98 Å². The summed E-state index contributed by atoms with van der Waals surface area (Å²) in [4.78, 5) is 4.99. The Hall–Kier alpha value is -3.65. The van der Waals surface area contributed by atoms with E-state index in [1.54, 1.807) is 0 Å². The molecule has 0 aliphatic heterocycles. The number of aryl methyl sites for hydroxylation is 1. The first-order chi connectivity index (χ1) is 13.8. The zero-order chi connectivity index (χ0) is 18.7. The molecule has 0 aliphatic rings. The number of nitrogens with zero attached hydrogens (tertiary/aromatic N) is 2. The quantitative estimate of drug-likeness (QED) is 0.316. The van der Waals surface area contributed by atoms with Crippen LogP contribution in [0, 0.1) is 6.92 Å². The molecule has 0 amide bonds. The molecule has 0 radical (unpaired) electrons. The molecule has 2 aromatic heterocycles. The minimum atomic E-state index is 0.958. The maximum atomic E-state index is 4.99. The lowest BCUT2D eigenvalue weighted by atomic mass is 10.1. The summed E-state index contributed by atoms with van der Waals surface area (Å²) in [6, 6.07) is 32.4. The van der Waals surface area contributed by atoms with E-state index >= 15 is 0 Å². The molecule has 2 nitrogen and oxygen atoms in total. The van der Waals surface area contributed by atoms with Gasteiger partial charge in [0.15, 0.2) is 0 Å². The van der Waals surface area contributed by atoms with Crippen LogP contribution < -0.4 is 0 Å². The Labute approximate surface area is 162 Å². The molecule has 2 heteroatoms. The number of rotatable bonds is 1. The summed E-state index contributed by atoms with van der Waals surface area (Å²) in [5, 5.41) is 6.20. The SMILES string of the molecule is Cc1ccc2c3cc4ccccc4cc3n(-c3ccc4ccccc4n3)c2c1. The fourth-order valence-electron chi connectivity index (χ4n) is 4.24. The lowest BCUT2D eigenvalue weighted by Crippen LogP contribution is -1.97. The van der Waals surface area contributed by atoms with Crippen LogP contribution in [0.25, 0.3) is 49.3 Å². The monoisotopic (exact) mass is 358 g/mol. The van der Waals surface area contributed by atoms with Crippen molar-refractivity contribution in [3.8, 4) is 5.82 Å². The topological polar surface area (TPSA) is 17.8 Å². The summed E-state index contributed by atoms with van der Waals surface area (Å²) in [6.07, 6.45) is 0. The third-order valence-electron chi connectivity index (χ3n) is 5.60. The fraction of sp³-hybridized carbons (Fsp3) is 0.0385. The lowest BCUT2D eigenvalue weighted by Gasteiger charge is -2.09. The van der Waals surface area contributed by atoms with E-state index in [1.807, 2.05) is 6.07 Å². The smallest absolute Gasteiger partial charge is 0.138 e. The van der Waals surface area contributed by atoms with Crippen molar-refractivity contribution in [1.29, 1.82) is 0 Å². The maximum Gasteiger partial charge on any atom is 0.138 e. The predicted octanol–water partition coefficient (Wildman–Crippen LogP) is 6.79. The first kappa shape index (κ1) is 15.4. The molecule has 0 N–H and O–H groups in total. The molecule has 6 aromatic rings. The van der Waals surface area contributed by atoms with E-state index in [1.165, 1.54) is 38.1 Å². The second-order valence-electron chi connectivity index (χ2n) is 7.43. The Kier molecular flexibility index (Phi) is 3.12. The highest BCUT2D eigenvalue weighted by molar-refractivity contribution is 6.13. The second-order valence-corrected chi connectivity index (χ2v) is 7.43. The maximum absolute atomic E-state index is 4.99. The van der Waals surface area contributed by atoms with E-state index in [9.17, 15) is 0 Å². The van der Waals surface area contributed by atoms with Gasteiger partial charge >= 0.3 is 0 Å². The minimum absolute atomic E-state index is 0.958. The number of hydrogen-bond acceptors (Lipinski definition) is 1. The van der Waals surface area contributed by atoms with Crippen LogP contribution in [0.15, 0.2) is 91.0 Å². The number of aromatic nitrogens is 2. The molecule has 0 unspecified atom stereocenters. The normalized spacial score (nSPS) is 11.8. The summed E-state index contributed by atoms with van der Waals surface area (Å²) < 4.78 is 2.30. The van der Waals surface area contributed by atoms with Gasteiger partial charge in [-0.3, -0.25) is 4.57 Å². The fourth-order valence-corrected chi connectivity index (χ4v) is 4.24. The van der Waals surface area contributed by atoms with Gasteiger partial charge in [-0.05, 0) is 59.7 Å². The molecule has 0 fully saturated rings. The Balaban J connectivity index is 1.79. The van der Waals surface area contributed by atoms with Gasteiger partial charge in [-0.2, -0.15) is 0 Å². The highest BCUT2D eigenvalue weighted by atomic mass is 15.1. The van der Waals surface area contributed by atoms with Crippen molar-refractivity contribution in [1.82, 2.24) is 9.55 Å². The molecule has 0 saturated heterocycles. The molecular weight excluding hydrogens is 340 g/mol. The Morgan fingerprint density at radius 3 is 2.18 bits per heavy atom. The molecule has 6 rings (SSSR count). The highest BCUT2D eigenvalue weighted by Crippen LogP contribution is 2.35. The van der Waals surface area contributed by atoms with Crippen molar-refractivity contribution in [3.63, 3.8) is 0 Å². The third-order valence-corrected chi connectivity index (χ3v) is 5.60. The largest absolute Gasteiger partial charge is 0.294 e. The van der Waals surface area contributed by atoms with Gasteiger partial charge < -0.3 is 0 Å². The lowest BCUT2D eigenvalue weighted by molar-refractivity contribution is 1.10. The van der Waals surface area contributed by atoms with Crippen LogP contribution in [0.3, 0.4) is 0 Å². The van der Waals surface area contributed by atoms with E-state index in [0.717, 1.165) is 16.7 Å². The van der Waals surface area contributed by atoms with Crippen molar-refractivity contribution in [2.24, 2.45) is 0 Å². The van der Waals surface area contributed by atoms with E-state index in [2.05, 4.69) is 96.4 Å². The van der Waals surface area contributed by atoms with Crippen molar-refractivity contribution in [2.45, 2.75) is 6.92 Å².